The Balaban J connectivity index is 2.07. The molecule has 15 heavy (non-hydrogen) atoms. The third-order valence-electron chi connectivity index (χ3n) is 3.69. The van der Waals surface area contributed by atoms with E-state index in [1.165, 1.54) is 58.2 Å². The molecule has 1 nitrogen and oxygen atoms in total. The SMILES string of the molecule is CCCCN1CCC(CCC(C)C)CC1. The van der Waals surface area contributed by atoms with Crippen LogP contribution in [0.25, 0.3) is 0 Å². The monoisotopic (exact) mass is 211 g/mol. The Morgan fingerprint density at radius 2 is 1.87 bits per heavy atom. The Labute approximate surface area is 96.2 Å². The number of piperidine rings is 1. The van der Waals surface area contributed by atoms with Gasteiger partial charge in [0.25, 0.3) is 0 Å². The van der Waals surface area contributed by atoms with E-state index < -0.39 is 0 Å². The Bertz CT molecular complexity index is 145. The fourth-order valence-electron chi connectivity index (χ4n) is 2.45. The molecule has 0 unspecified atom stereocenters. The predicted octanol–water partition coefficient (Wildman–Crippen LogP) is 3.93. The van der Waals surface area contributed by atoms with Gasteiger partial charge in [0, 0.05) is 0 Å². The van der Waals surface area contributed by atoms with Gasteiger partial charge in [-0.05, 0) is 50.7 Å². The fraction of sp³-hybridized carbons (Fsp3) is 1.00. The molecule has 0 aromatic carbocycles. The molecule has 1 heterocycles. The molecule has 1 fully saturated rings. The van der Waals surface area contributed by atoms with E-state index in [-0.39, 0.29) is 0 Å². The van der Waals surface area contributed by atoms with Gasteiger partial charge < -0.3 is 4.90 Å². The van der Waals surface area contributed by atoms with Gasteiger partial charge in [-0.15, -0.1) is 0 Å². The van der Waals surface area contributed by atoms with Crippen LogP contribution >= 0.6 is 0 Å². The average Bonchev–Trinajstić information content (AvgIpc) is 2.25. The zero-order chi connectivity index (χ0) is 11.1. The lowest BCUT2D eigenvalue weighted by atomic mass is 9.89. The van der Waals surface area contributed by atoms with Crippen LogP contribution < -0.4 is 0 Å². The van der Waals surface area contributed by atoms with Crippen molar-refractivity contribution in [3.63, 3.8) is 0 Å². The third-order valence-corrected chi connectivity index (χ3v) is 3.69. The zero-order valence-corrected chi connectivity index (χ0v) is 11.0. The summed E-state index contributed by atoms with van der Waals surface area (Å²) in [4.78, 5) is 2.66. The van der Waals surface area contributed by atoms with E-state index >= 15 is 0 Å². The minimum absolute atomic E-state index is 0.892. The van der Waals surface area contributed by atoms with Gasteiger partial charge in [-0.1, -0.05) is 40.0 Å². The highest BCUT2D eigenvalue weighted by atomic mass is 15.1. The van der Waals surface area contributed by atoms with Crippen LogP contribution in [0, 0.1) is 11.8 Å². The lowest BCUT2D eigenvalue weighted by molar-refractivity contribution is 0.173. The molecule has 0 spiro atoms. The molecule has 1 rings (SSSR count). The minimum Gasteiger partial charge on any atom is -0.303 e. The smallest absolute Gasteiger partial charge is 0.00161 e. The van der Waals surface area contributed by atoms with E-state index in [4.69, 9.17) is 0 Å². The third kappa shape index (κ3) is 5.55. The van der Waals surface area contributed by atoms with Crippen molar-refractivity contribution >= 4 is 0 Å². The van der Waals surface area contributed by atoms with Crippen LogP contribution in [0.15, 0.2) is 0 Å². The lowest BCUT2D eigenvalue weighted by Gasteiger charge is -2.32. The van der Waals surface area contributed by atoms with Crippen molar-refractivity contribution in [2.75, 3.05) is 19.6 Å². The van der Waals surface area contributed by atoms with Gasteiger partial charge in [0.15, 0.2) is 0 Å². The Hall–Kier alpha value is -0.0400. The highest BCUT2D eigenvalue weighted by Gasteiger charge is 2.18. The van der Waals surface area contributed by atoms with E-state index in [2.05, 4.69) is 25.7 Å². The first kappa shape index (κ1) is 13.0. The van der Waals surface area contributed by atoms with Crippen LogP contribution in [0.1, 0.15) is 59.3 Å². The summed E-state index contributed by atoms with van der Waals surface area (Å²) in [6, 6.07) is 0. The summed E-state index contributed by atoms with van der Waals surface area (Å²) in [5, 5.41) is 0. The topological polar surface area (TPSA) is 3.24 Å². The summed E-state index contributed by atoms with van der Waals surface area (Å²) in [6.45, 7) is 11.0. The van der Waals surface area contributed by atoms with E-state index in [9.17, 15) is 0 Å². The molecule has 1 aliphatic heterocycles. The van der Waals surface area contributed by atoms with Crippen molar-refractivity contribution in [2.24, 2.45) is 11.8 Å². The first-order valence-corrected chi connectivity index (χ1v) is 6.94. The van der Waals surface area contributed by atoms with Crippen molar-refractivity contribution < 1.29 is 0 Å². The molecule has 0 aliphatic carbocycles. The lowest BCUT2D eigenvalue weighted by Crippen LogP contribution is -2.34. The molecule has 90 valence electrons. The van der Waals surface area contributed by atoms with Crippen molar-refractivity contribution in [1.29, 1.82) is 0 Å². The molecule has 0 saturated carbocycles. The van der Waals surface area contributed by atoms with Crippen molar-refractivity contribution in [3.05, 3.63) is 0 Å². The molecule has 0 aromatic heterocycles. The van der Waals surface area contributed by atoms with Crippen LogP contribution in [-0.4, -0.2) is 24.5 Å². The highest BCUT2D eigenvalue weighted by Crippen LogP contribution is 2.23. The van der Waals surface area contributed by atoms with Crippen molar-refractivity contribution in [1.82, 2.24) is 4.90 Å². The molecule has 1 aliphatic rings. The van der Waals surface area contributed by atoms with Crippen LogP contribution in [-0.2, 0) is 0 Å². The van der Waals surface area contributed by atoms with Gasteiger partial charge in [-0.25, -0.2) is 0 Å². The molecule has 0 N–H and O–H groups in total. The number of hydrogen-bond donors (Lipinski definition) is 0. The minimum atomic E-state index is 0.892. The van der Waals surface area contributed by atoms with Gasteiger partial charge in [0.1, 0.15) is 0 Å². The molecule has 0 amide bonds. The normalized spacial score (nSPS) is 20.0. The summed E-state index contributed by atoms with van der Waals surface area (Å²) in [5.41, 5.74) is 0. The van der Waals surface area contributed by atoms with Gasteiger partial charge in [0.2, 0.25) is 0 Å². The number of unbranched alkanes of at least 4 members (excludes halogenated alkanes) is 1. The molecule has 0 atom stereocenters. The molecule has 1 saturated heterocycles. The second kappa shape index (κ2) is 7.27. The molecular formula is C14H29N. The zero-order valence-electron chi connectivity index (χ0n) is 11.0. The van der Waals surface area contributed by atoms with Crippen LogP contribution in [0.3, 0.4) is 0 Å². The maximum Gasteiger partial charge on any atom is -0.00161 e. The van der Waals surface area contributed by atoms with Gasteiger partial charge >= 0.3 is 0 Å². The quantitative estimate of drug-likeness (QED) is 0.643. The van der Waals surface area contributed by atoms with E-state index in [0.29, 0.717) is 0 Å². The van der Waals surface area contributed by atoms with Gasteiger partial charge in [0.05, 0.1) is 0 Å². The molecule has 0 aromatic rings. The summed E-state index contributed by atoms with van der Waals surface area (Å²) < 4.78 is 0. The predicted molar refractivity (Wildman–Crippen MR) is 68.1 cm³/mol. The molecule has 0 radical (unpaired) electrons. The van der Waals surface area contributed by atoms with E-state index in [0.717, 1.165) is 11.8 Å². The number of rotatable bonds is 6. The summed E-state index contributed by atoms with van der Waals surface area (Å²) in [7, 11) is 0. The summed E-state index contributed by atoms with van der Waals surface area (Å²) in [5.74, 6) is 1.92. The Kier molecular flexibility index (Phi) is 6.31. The number of nitrogens with zero attached hydrogens (tertiary/aromatic N) is 1. The van der Waals surface area contributed by atoms with E-state index in [1.807, 2.05) is 0 Å². The molecular weight excluding hydrogens is 182 g/mol. The average molecular weight is 211 g/mol. The van der Waals surface area contributed by atoms with Crippen molar-refractivity contribution in [2.45, 2.75) is 59.3 Å². The fourth-order valence-corrected chi connectivity index (χ4v) is 2.45. The molecule has 0 bridgehead atoms. The first-order valence-electron chi connectivity index (χ1n) is 6.94. The van der Waals surface area contributed by atoms with E-state index in [1.54, 1.807) is 0 Å². The maximum absolute atomic E-state index is 2.66. The standard InChI is InChI=1S/C14H29N/c1-4-5-10-15-11-8-14(9-12-15)7-6-13(2)3/h13-14H,4-12H2,1-3H3. The Morgan fingerprint density at radius 1 is 1.20 bits per heavy atom. The van der Waals surface area contributed by atoms with Crippen LogP contribution in [0.2, 0.25) is 0 Å². The second-order valence-electron chi connectivity index (χ2n) is 5.61. The number of likely N-dealkylation sites (tertiary alicyclic amines) is 1. The summed E-state index contributed by atoms with van der Waals surface area (Å²) >= 11 is 0. The maximum atomic E-state index is 2.66. The molecule has 1 heteroatoms. The first-order chi connectivity index (χ1) is 7.22. The van der Waals surface area contributed by atoms with Crippen LogP contribution in [0.4, 0.5) is 0 Å². The van der Waals surface area contributed by atoms with Gasteiger partial charge in [-0.2, -0.15) is 0 Å². The second-order valence-corrected chi connectivity index (χ2v) is 5.61. The van der Waals surface area contributed by atoms with Crippen molar-refractivity contribution in [3.8, 4) is 0 Å². The van der Waals surface area contributed by atoms with Gasteiger partial charge in [-0.3, -0.25) is 0 Å². The van der Waals surface area contributed by atoms with Crippen LogP contribution in [0.5, 0.6) is 0 Å². The summed E-state index contributed by atoms with van der Waals surface area (Å²) in [6.07, 6.45) is 8.54. The number of hydrogen-bond acceptors (Lipinski definition) is 1. The highest BCUT2D eigenvalue weighted by molar-refractivity contribution is 4.72. The largest absolute Gasteiger partial charge is 0.303 e. The Morgan fingerprint density at radius 3 is 2.40 bits per heavy atom.